The van der Waals surface area contributed by atoms with Gasteiger partial charge < -0.3 is 5.11 Å². The molecule has 5 rings (SSSR count). The molecule has 9 atom stereocenters. The van der Waals surface area contributed by atoms with Crippen LogP contribution in [0.5, 0.6) is 0 Å². The lowest BCUT2D eigenvalue weighted by atomic mass is 9.49. The summed E-state index contributed by atoms with van der Waals surface area (Å²) >= 11 is 0. The molecule has 0 aliphatic heterocycles. The van der Waals surface area contributed by atoms with Gasteiger partial charge in [-0.25, -0.2) is 8.42 Å². The van der Waals surface area contributed by atoms with Crippen molar-refractivity contribution >= 4 is 10.0 Å². The monoisotopic (exact) mass is 473 g/mol. The first-order valence-electron chi connectivity index (χ1n) is 13.3. The lowest BCUT2D eigenvalue weighted by Gasteiger charge is -2.57. The summed E-state index contributed by atoms with van der Waals surface area (Å²) in [4.78, 5) is 0.397. The second-order valence-corrected chi connectivity index (χ2v) is 14.5. The maximum Gasteiger partial charge on any atom is 0.243 e. The first-order chi connectivity index (χ1) is 15.5. The molecule has 0 radical (unpaired) electrons. The summed E-state index contributed by atoms with van der Waals surface area (Å²) in [7, 11) is -1.69. The van der Waals surface area contributed by atoms with Crippen LogP contribution in [0, 0.1) is 40.9 Å². The highest BCUT2D eigenvalue weighted by atomic mass is 32.2. The summed E-state index contributed by atoms with van der Waals surface area (Å²) in [5.74, 6) is 4.25. The molecule has 0 amide bonds. The minimum atomic E-state index is -3.48. The van der Waals surface area contributed by atoms with E-state index < -0.39 is 15.6 Å². The molecule has 4 saturated carbocycles. The van der Waals surface area contributed by atoms with Crippen molar-refractivity contribution in [3.8, 4) is 0 Å². The molecule has 33 heavy (non-hydrogen) atoms. The molecule has 4 aliphatic rings. The van der Waals surface area contributed by atoms with E-state index in [0.717, 1.165) is 42.9 Å². The quantitative estimate of drug-likeness (QED) is 0.609. The van der Waals surface area contributed by atoms with Gasteiger partial charge in [0.25, 0.3) is 0 Å². The van der Waals surface area contributed by atoms with Gasteiger partial charge in [-0.3, -0.25) is 0 Å². The third-order valence-corrected chi connectivity index (χ3v) is 12.8. The van der Waals surface area contributed by atoms with E-state index >= 15 is 0 Å². The van der Waals surface area contributed by atoms with Gasteiger partial charge >= 0.3 is 0 Å². The van der Waals surface area contributed by atoms with Gasteiger partial charge in [0, 0.05) is 13.1 Å². The number of hydrogen-bond acceptors (Lipinski definition) is 3. The van der Waals surface area contributed by atoms with Crippen LogP contribution in [-0.2, 0) is 10.0 Å². The van der Waals surface area contributed by atoms with Crippen molar-refractivity contribution in [1.29, 1.82) is 0 Å². The van der Waals surface area contributed by atoms with Crippen LogP contribution in [0.4, 0.5) is 0 Å². The van der Waals surface area contributed by atoms with Gasteiger partial charge in [0.15, 0.2) is 0 Å². The average molecular weight is 474 g/mol. The molecule has 4 aliphatic carbocycles. The average Bonchev–Trinajstić information content (AvgIpc) is 3.15. The fourth-order valence-electron chi connectivity index (χ4n) is 9.15. The molecular formula is C28H43NO3S. The maximum atomic E-state index is 13.3. The Kier molecular flexibility index (Phi) is 6.02. The first-order valence-corrected chi connectivity index (χ1v) is 14.7. The van der Waals surface area contributed by atoms with Crippen molar-refractivity contribution in [2.45, 2.75) is 95.1 Å². The van der Waals surface area contributed by atoms with Crippen molar-refractivity contribution in [2.75, 3.05) is 7.05 Å². The van der Waals surface area contributed by atoms with Gasteiger partial charge in [0.1, 0.15) is 0 Å². The number of sulfonamides is 1. The number of aliphatic hydroxyl groups is 1. The predicted octanol–water partition coefficient (Wildman–Crippen LogP) is 5.72. The van der Waals surface area contributed by atoms with Crippen LogP contribution in [0.2, 0.25) is 0 Å². The highest BCUT2D eigenvalue weighted by molar-refractivity contribution is 7.89. The second-order valence-electron chi connectivity index (χ2n) is 12.5. The molecule has 1 unspecified atom stereocenters. The minimum Gasteiger partial charge on any atom is -0.390 e. The number of nitrogens with zero attached hydrogens (tertiary/aromatic N) is 1. The Hall–Kier alpha value is -0.910. The topological polar surface area (TPSA) is 57.6 Å². The summed E-state index contributed by atoms with van der Waals surface area (Å²) in [5, 5.41) is 10.6. The second kappa shape index (κ2) is 8.34. The van der Waals surface area contributed by atoms with Gasteiger partial charge in [-0.15, -0.1) is 0 Å². The molecular weight excluding hydrogens is 430 g/mol. The summed E-state index contributed by atoms with van der Waals surface area (Å²) in [6.07, 6.45) is 10.6. The lowest BCUT2D eigenvalue weighted by molar-refractivity contribution is -0.102. The number of fused-ring (bicyclic) bond motifs is 5. The molecule has 0 saturated heterocycles. The van der Waals surface area contributed by atoms with Crippen LogP contribution in [0.25, 0.3) is 0 Å². The third kappa shape index (κ3) is 3.90. The normalized spacial score (nSPS) is 44.1. The van der Waals surface area contributed by atoms with Crippen molar-refractivity contribution in [3.63, 3.8) is 0 Å². The van der Waals surface area contributed by atoms with E-state index in [1.807, 2.05) is 13.0 Å². The first kappa shape index (κ1) is 23.8. The van der Waals surface area contributed by atoms with Crippen LogP contribution < -0.4 is 0 Å². The summed E-state index contributed by atoms with van der Waals surface area (Å²) in [6.45, 7) is 6.67. The highest BCUT2D eigenvalue weighted by Gasteiger charge is 2.58. The largest absolute Gasteiger partial charge is 0.390 e. The SMILES string of the molecule is CC([C@H]1CC[C@H]2[C@@H]3CC[C@@H]4C[C@](C)(O)CC[C@@H]4[C@H]3CC[C@]12C)N(C)S(=O)(=O)c1ccccc1. The lowest BCUT2D eigenvalue weighted by Crippen LogP contribution is -2.52. The smallest absolute Gasteiger partial charge is 0.243 e. The van der Waals surface area contributed by atoms with Crippen molar-refractivity contribution in [1.82, 2.24) is 4.31 Å². The van der Waals surface area contributed by atoms with Crippen LogP contribution in [0.15, 0.2) is 35.2 Å². The maximum absolute atomic E-state index is 13.3. The Balaban J connectivity index is 1.34. The molecule has 5 heteroatoms. The summed E-state index contributed by atoms with van der Waals surface area (Å²) in [6, 6.07) is 8.90. The zero-order valence-electron chi connectivity index (χ0n) is 20.9. The number of hydrogen-bond donors (Lipinski definition) is 1. The molecule has 0 spiro atoms. The molecule has 1 N–H and O–H groups in total. The minimum absolute atomic E-state index is 0.00266. The third-order valence-electron chi connectivity index (χ3n) is 10.9. The van der Waals surface area contributed by atoms with E-state index in [4.69, 9.17) is 0 Å². The van der Waals surface area contributed by atoms with Crippen molar-refractivity contribution in [2.24, 2.45) is 40.9 Å². The zero-order chi connectivity index (χ0) is 23.6. The zero-order valence-corrected chi connectivity index (χ0v) is 21.7. The van der Waals surface area contributed by atoms with Crippen LogP contribution in [0.1, 0.15) is 78.6 Å². The van der Waals surface area contributed by atoms with Crippen LogP contribution in [-0.4, -0.2) is 36.5 Å². The molecule has 184 valence electrons. The molecule has 4 nitrogen and oxygen atoms in total. The molecule has 1 aromatic carbocycles. The van der Waals surface area contributed by atoms with Gasteiger partial charge in [-0.05, 0) is 125 Å². The van der Waals surface area contributed by atoms with Gasteiger partial charge in [0.05, 0.1) is 10.5 Å². The fraction of sp³-hybridized carbons (Fsp3) is 0.786. The molecule has 1 aromatic rings. The standard InChI is InChI=1S/C28H43NO3S/c1-19(29(4)33(31,32)21-8-6-5-7-9-21)25-12-13-26-24-11-10-20-18-27(2,30)16-14-22(20)23(24)15-17-28(25,26)3/h5-9,19-20,22-26,30H,10-18H2,1-4H3/t19?,20-,22+,23-,24-,25-,26+,27-,28-/m1/s1. The Morgan fingerprint density at radius 2 is 1.64 bits per heavy atom. The van der Waals surface area contributed by atoms with E-state index in [1.165, 1.54) is 38.5 Å². The Morgan fingerprint density at radius 1 is 0.939 bits per heavy atom. The Labute approximate surface area is 201 Å². The van der Waals surface area contributed by atoms with E-state index in [2.05, 4.69) is 13.8 Å². The number of benzene rings is 1. The van der Waals surface area contributed by atoms with E-state index in [1.54, 1.807) is 35.6 Å². The molecule has 4 fully saturated rings. The predicted molar refractivity (Wildman–Crippen MR) is 132 cm³/mol. The summed E-state index contributed by atoms with van der Waals surface area (Å²) in [5.41, 5.74) is -0.228. The fourth-order valence-corrected chi connectivity index (χ4v) is 10.6. The van der Waals surface area contributed by atoms with E-state index in [0.29, 0.717) is 16.7 Å². The molecule has 0 heterocycles. The van der Waals surface area contributed by atoms with E-state index in [-0.39, 0.29) is 11.5 Å². The van der Waals surface area contributed by atoms with Crippen molar-refractivity contribution < 1.29 is 13.5 Å². The van der Waals surface area contributed by atoms with Gasteiger partial charge in [0.2, 0.25) is 10.0 Å². The van der Waals surface area contributed by atoms with Gasteiger partial charge in [-0.1, -0.05) is 25.1 Å². The molecule has 0 aromatic heterocycles. The van der Waals surface area contributed by atoms with Gasteiger partial charge in [-0.2, -0.15) is 4.31 Å². The number of rotatable bonds is 4. The summed E-state index contributed by atoms with van der Waals surface area (Å²) < 4.78 is 28.3. The molecule has 0 bridgehead atoms. The van der Waals surface area contributed by atoms with E-state index in [9.17, 15) is 13.5 Å². The highest BCUT2D eigenvalue weighted by Crippen LogP contribution is 2.65. The Bertz CT molecular complexity index is 961. The van der Waals surface area contributed by atoms with Crippen LogP contribution >= 0.6 is 0 Å². The van der Waals surface area contributed by atoms with Crippen LogP contribution in [0.3, 0.4) is 0 Å². The Morgan fingerprint density at radius 3 is 2.36 bits per heavy atom. The van der Waals surface area contributed by atoms with Crippen molar-refractivity contribution in [3.05, 3.63) is 30.3 Å².